The van der Waals surface area contributed by atoms with Crippen molar-refractivity contribution in [1.29, 1.82) is 0 Å². The molecule has 18 heavy (non-hydrogen) atoms. The number of rotatable bonds is 2. The Morgan fingerprint density at radius 1 is 1.17 bits per heavy atom. The van der Waals surface area contributed by atoms with Crippen LogP contribution >= 0.6 is 0 Å². The summed E-state index contributed by atoms with van der Waals surface area (Å²) < 4.78 is 1.99. The number of nitrogens with zero attached hydrogens (tertiary/aromatic N) is 2. The van der Waals surface area contributed by atoms with Crippen LogP contribution in [0.25, 0.3) is 6.08 Å². The third-order valence-corrected chi connectivity index (χ3v) is 1.71. The molecule has 0 bridgehead atoms. The first-order valence-corrected chi connectivity index (χ1v) is 6.79. The first-order chi connectivity index (χ1) is 8.56. The van der Waals surface area contributed by atoms with Crippen LogP contribution in [-0.4, -0.2) is 9.55 Å². The molecule has 106 valence electrons. The number of hydrogen-bond donors (Lipinski definition) is 0. The van der Waals surface area contributed by atoms with Gasteiger partial charge < -0.3 is 4.57 Å². The Hall–Kier alpha value is -1.31. The van der Waals surface area contributed by atoms with Gasteiger partial charge in [-0.15, -0.1) is 6.58 Å². The normalized spacial score (nSPS) is 7.83. The Balaban J connectivity index is -0.000000274. The fourth-order valence-electron chi connectivity index (χ4n) is 0.972. The summed E-state index contributed by atoms with van der Waals surface area (Å²) in [4.78, 5) is 4.37. The third-order valence-electron chi connectivity index (χ3n) is 1.71. The number of aromatic nitrogens is 2. The van der Waals surface area contributed by atoms with Crippen molar-refractivity contribution < 1.29 is 0 Å². The van der Waals surface area contributed by atoms with Crippen LogP contribution in [0.15, 0.2) is 25.4 Å². The predicted molar refractivity (Wildman–Crippen MR) is 86.0 cm³/mol. The van der Waals surface area contributed by atoms with E-state index in [0.29, 0.717) is 5.92 Å². The maximum absolute atomic E-state index is 4.37. The lowest BCUT2D eigenvalue weighted by molar-refractivity contribution is 0.829. The summed E-state index contributed by atoms with van der Waals surface area (Å²) in [6.07, 6.45) is 5.56. The molecule has 1 rings (SSSR count). The summed E-state index contributed by atoms with van der Waals surface area (Å²) in [7, 11) is 1.98. The summed E-state index contributed by atoms with van der Waals surface area (Å²) in [5.74, 6) is 1.43. The van der Waals surface area contributed by atoms with E-state index < -0.39 is 0 Å². The molecule has 2 nitrogen and oxygen atoms in total. The van der Waals surface area contributed by atoms with Gasteiger partial charge >= 0.3 is 0 Å². The van der Waals surface area contributed by atoms with Gasteiger partial charge in [0.05, 0.1) is 5.69 Å². The maximum atomic E-state index is 4.37. The lowest BCUT2D eigenvalue weighted by Gasteiger charge is -1.95. The lowest BCUT2D eigenvalue weighted by Crippen LogP contribution is -1.87. The molecule has 0 amide bonds. The molecule has 1 aromatic heterocycles. The minimum Gasteiger partial charge on any atom is -0.334 e. The van der Waals surface area contributed by atoms with Gasteiger partial charge in [0.15, 0.2) is 0 Å². The Labute approximate surface area is 114 Å². The van der Waals surface area contributed by atoms with Crippen molar-refractivity contribution in [1.82, 2.24) is 9.55 Å². The predicted octanol–water partition coefficient (Wildman–Crippen LogP) is 5.43. The molecule has 0 aliphatic rings. The van der Waals surface area contributed by atoms with Gasteiger partial charge in [-0.3, -0.25) is 0 Å². The zero-order chi connectivity index (χ0) is 15.1. The van der Waals surface area contributed by atoms with Gasteiger partial charge in [-0.2, -0.15) is 0 Å². The second-order valence-corrected chi connectivity index (χ2v) is 3.40. The van der Waals surface area contributed by atoms with Crippen molar-refractivity contribution >= 4 is 6.08 Å². The van der Waals surface area contributed by atoms with Crippen LogP contribution in [0.5, 0.6) is 0 Å². The summed E-state index contributed by atoms with van der Waals surface area (Å²) in [5.41, 5.74) is 1.13. The van der Waals surface area contributed by atoms with E-state index in [1.807, 2.05) is 52.4 Å². The molecule has 0 saturated carbocycles. The highest BCUT2D eigenvalue weighted by atomic mass is 15.0. The fraction of sp³-hybridized carbons (Fsp3) is 0.562. The molecule has 0 radical (unpaired) electrons. The van der Waals surface area contributed by atoms with Crippen molar-refractivity contribution in [2.45, 2.75) is 54.4 Å². The molecule has 0 aliphatic carbocycles. The van der Waals surface area contributed by atoms with Crippen LogP contribution in [0.2, 0.25) is 0 Å². The number of allylic oxidation sites excluding steroid dienone is 1. The molecule has 0 saturated heterocycles. The van der Waals surface area contributed by atoms with Crippen LogP contribution in [0, 0.1) is 0 Å². The van der Waals surface area contributed by atoms with Gasteiger partial charge in [-0.05, 0) is 18.9 Å². The first-order valence-electron chi connectivity index (χ1n) is 6.79. The minimum atomic E-state index is 0.495. The molecule has 0 aromatic carbocycles. The molecule has 0 fully saturated rings. The number of imidazole rings is 1. The Bertz CT molecular complexity index is 296. The standard InChI is InChI=1S/C9H14N2.C3H6.2C2H6/c1-5-9-10-8(7(2)3)6-11(9)4;1-3-2;2*1-2/h5-7H,1H2,2-4H3;3H,1H2,2H3;2*1-2H3. The van der Waals surface area contributed by atoms with Crippen LogP contribution in [0.3, 0.4) is 0 Å². The van der Waals surface area contributed by atoms with Gasteiger partial charge in [0.2, 0.25) is 0 Å². The van der Waals surface area contributed by atoms with Crippen molar-refractivity contribution in [2.24, 2.45) is 7.05 Å². The number of aryl methyl sites for hydroxylation is 1. The van der Waals surface area contributed by atoms with Gasteiger partial charge in [-0.25, -0.2) is 4.98 Å². The van der Waals surface area contributed by atoms with Gasteiger partial charge in [0.1, 0.15) is 5.82 Å². The van der Waals surface area contributed by atoms with E-state index >= 15 is 0 Å². The SMILES string of the molecule is C=CC.C=Cc1nc(C(C)C)cn1C.CC.CC. The highest BCUT2D eigenvalue weighted by Gasteiger charge is 2.04. The second-order valence-electron chi connectivity index (χ2n) is 3.40. The van der Waals surface area contributed by atoms with E-state index in [1.54, 1.807) is 12.2 Å². The molecular formula is C16H32N2. The molecular weight excluding hydrogens is 220 g/mol. The molecule has 0 atom stereocenters. The summed E-state index contributed by atoms with van der Waals surface area (Å²) in [5, 5.41) is 0. The summed E-state index contributed by atoms with van der Waals surface area (Å²) in [6.45, 7) is 21.2. The third kappa shape index (κ3) is 9.88. The van der Waals surface area contributed by atoms with Crippen LogP contribution < -0.4 is 0 Å². The van der Waals surface area contributed by atoms with E-state index in [4.69, 9.17) is 0 Å². The molecule has 0 spiro atoms. The van der Waals surface area contributed by atoms with E-state index in [2.05, 4.69) is 32.0 Å². The Morgan fingerprint density at radius 3 is 1.72 bits per heavy atom. The van der Waals surface area contributed by atoms with E-state index in [0.717, 1.165) is 11.5 Å². The molecule has 1 aromatic rings. The van der Waals surface area contributed by atoms with Crippen molar-refractivity contribution in [3.8, 4) is 0 Å². The molecule has 2 heteroatoms. The van der Waals surface area contributed by atoms with Gasteiger partial charge in [0.25, 0.3) is 0 Å². The monoisotopic (exact) mass is 252 g/mol. The minimum absolute atomic E-state index is 0.495. The lowest BCUT2D eigenvalue weighted by atomic mass is 10.2. The fourth-order valence-corrected chi connectivity index (χ4v) is 0.972. The average Bonchev–Trinajstić information content (AvgIpc) is 2.77. The Morgan fingerprint density at radius 2 is 1.56 bits per heavy atom. The van der Waals surface area contributed by atoms with Crippen molar-refractivity contribution in [3.63, 3.8) is 0 Å². The Kier molecular flexibility index (Phi) is 19.1. The van der Waals surface area contributed by atoms with E-state index in [-0.39, 0.29) is 0 Å². The van der Waals surface area contributed by atoms with Gasteiger partial charge in [-0.1, -0.05) is 54.2 Å². The molecule has 0 aliphatic heterocycles. The number of hydrogen-bond acceptors (Lipinski definition) is 1. The first kappa shape index (κ1) is 21.9. The topological polar surface area (TPSA) is 17.8 Å². The zero-order valence-corrected chi connectivity index (χ0v) is 13.6. The summed E-state index contributed by atoms with van der Waals surface area (Å²) >= 11 is 0. The smallest absolute Gasteiger partial charge is 0.132 e. The second kappa shape index (κ2) is 15.7. The van der Waals surface area contributed by atoms with E-state index in [9.17, 15) is 0 Å². The zero-order valence-electron chi connectivity index (χ0n) is 13.6. The van der Waals surface area contributed by atoms with Crippen LogP contribution in [0.1, 0.15) is 65.9 Å². The molecule has 0 N–H and O–H groups in total. The van der Waals surface area contributed by atoms with Gasteiger partial charge in [0, 0.05) is 13.2 Å². The summed E-state index contributed by atoms with van der Waals surface area (Å²) in [6, 6.07) is 0. The van der Waals surface area contributed by atoms with E-state index in [1.165, 1.54) is 0 Å². The maximum Gasteiger partial charge on any atom is 0.132 e. The highest BCUT2D eigenvalue weighted by molar-refractivity contribution is 5.37. The average molecular weight is 252 g/mol. The molecule has 0 unspecified atom stereocenters. The van der Waals surface area contributed by atoms with Crippen LogP contribution in [-0.2, 0) is 7.05 Å². The van der Waals surface area contributed by atoms with Crippen molar-refractivity contribution in [2.75, 3.05) is 0 Å². The quantitative estimate of drug-likeness (QED) is 0.642. The largest absolute Gasteiger partial charge is 0.334 e. The van der Waals surface area contributed by atoms with Crippen molar-refractivity contribution in [3.05, 3.63) is 36.9 Å². The highest BCUT2D eigenvalue weighted by Crippen LogP contribution is 2.12. The van der Waals surface area contributed by atoms with Crippen LogP contribution in [0.4, 0.5) is 0 Å². The molecule has 1 heterocycles.